The van der Waals surface area contributed by atoms with E-state index in [1.54, 1.807) is 12.3 Å². The monoisotopic (exact) mass is 261 g/mol. The molecule has 1 heterocycles. The van der Waals surface area contributed by atoms with Gasteiger partial charge in [-0.1, -0.05) is 0 Å². The molecule has 0 atom stereocenters. The van der Waals surface area contributed by atoms with Gasteiger partial charge in [0.25, 0.3) is 0 Å². The molecule has 0 bridgehead atoms. The number of hydrogen-bond donors (Lipinski definition) is 2. The van der Waals surface area contributed by atoms with Crippen molar-refractivity contribution in [1.29, 1.82) is 0 Å². The maximum atomic E-state index is 11.9. The van der Waals surface area contributed by atoms with E-state index < -0.39 is 16.0 Å². The van der Waals surface area contributed by atoms with Gasteiger partial charge in [-0.3, -0.25) is 0 Å². The average molecular weight is 261 g/mol. The molecular weight excluding hydrogens is 250 g/mol. The second-order valence-corrected chi connectivity index (χ2v) is 6.31. The topological polar surface area (TPSA) is 83.5 Å². The Kier molecular flexibility index (Phi) is 2.77. The van der Waals surface area contributed by atoms with Crippen molar-refractivity contribution in [3.05, 3.63) is 15.8 Å². The lowest BCUT2D eigenvalue weighted by molar-refractivity contribution is 0.0698. The summed E-state index contributed by atoms with van der Waals surface area (Å²) >= 11 is 0.940. The highest BCUT2D eigenvalue weighted by Gasteiger charge is 2.32. The lowest BCUT2D eigenvalue weighted by Crippen LogP contribution is -2.27. The fraction of sp³-hybridized carbons (Fsp3) is 0.444. The molecular formula is C9H11NO4S2. The van der Waals surface area contributed by atoms with E-state index in [2.05, 4.69) is 4.72 Å². The minimum absolute atomic E-state index is 0.0223. The molecule has 0 amide bonds. The first-order chi connectivity index (χ1) is 7.42. The average Bonchev–Trinajstić information content (AvgIpc) is 2.84. The summed E-state index contributed by atoms with van der Waals surface area (Å²) in [6, 6.07) is -0.0223. The first-order valence-electron chi connectivity index (χ1n) is 4.75. The van der Waals surface area contributed by atoms with Gasteiger partial charge in [0.05, 0.1) is 0 Å². The first-order valence-corrected chi connectivity index (χ1v) is 7.12. The molecule has 0 aromatic carbocycles. The van der Waals surface area contributed by atoms with Gasteiger partial charge in [-0.05, 0) is 30.7 Å². The number of hydrogen-bond acceptors (Lipinski definition) is 4. The van der Waals surface area contributed by atoms with Gasteiger partial charge in [0.15, 0.2) is 0 Å². The maximum Gasteiger partial charge on any atom is 0.347 e. The van der Waals surface area contributed by atoms with Gasteiger partial charge in [-0.15, -0.1) is 11.3 Å². The predicted octanol–water partition coefficient (Wildman–Crippen LogP) is 1.20. The summed E-state index contributed by atoms with van der Waals surface area (Å²) in [5, 5.41) is 10.5. The van der Waals surface area contributed by atoms with Crippen LogP contribution in [0, 0.1) is 6.92 Å². The molecule has 1 saturated carbocycles. The molecule has 0 spiro atoms. The summed E-state index contributed by atoms with van der Waals surface area (Å²) in [7, 11) is -3.68. The SMILES string of the molecule is Cc1csc(C(=O)O)c1S(=O)(=O)NC1CC1. The number of thiophene rings is 1. The summed E-state index contributed by atoms with van der Waals surface area (Å²) in [5.41, 5.74) is 0.482. The van der Waals surface area contributed by atoms with Gasteiger partial charge in [0, 0.05) is 6.04 Å². The van der Waals surface area contributed by atoms with E-state index in [4.69, 9.17) is 5.11 Å². The number of nitrogens with one attached hydrogen (secondary N) is 1. The van der Waals surface area contributed by atoms with Crippen LogP contribution >= 0.6 is 11.3 Å². The molecule has 0 aliphatic heterocycles. The van der Waals surface area contributed by atoms with Crippen LogP contribution in [0.5, 0.6) is 0 Å². The van der Waals surface area contributed by atoms with Gasteiger partial charge in [-0.25, -0.2) is 17.9 Å². The van der Waals surface area contributed by atoms with E-state index in [1.165, 1.54) is 0 Å². The van der Waals surface area contributed by atoms with Crippen LogP contribution < -0.4 is 4.72 Å². The molecule has 2 rings (SSSR count). The lowest BCUT2D eigenvalue weighted by atomic mass is 10.3. The zero-order valence-corrected chi connectivity index (χ0v) is 10.2. The number of carboxylic acids is 1. The molecule has 7 heteroatoms. The van der Waals surface area contributed by atoms with Crippen LogP contribution in [0.2, 0.25) is 0 Å². The van der Waals surface area contributed by atoms with Crippen molar-refractivity contribution in [3.8, 4) is 0 Å². The third-order valence-corrected chi connectivity index (χ3v) is 5.20. The summed E-state index contributed by atoms with van der Waals surface area (Å²) in [6.45, 7) is 1.60. The van der Waals surface area contributed by atoms with Crippen molar-refractivity contribution in [2.24, 2.45) is 0 Å². The fourth-order valence-corrected chi connectivity index (χ4v) is 4.33. The standard InChI is InChI=1S/C9H11NO4S2/c1-5-4-15-7(9(11)12)8(5)16(13,14)10-6-2-3-6/h4,6,10H,2-3H2,1H3,(H,11,12). The highest BCUT2D eigenvalue weighted by molar-refractivity contribution is 7.89. The van der Waals surface area contributed by atoms with Gasteiger partial charge < -0.3 is 5.11 Å². The summed E-state index contributed by atoms with van der Waals surface area (Å²) in [4.78, 5) is 10.7. The van der Waals surface area contributed by atoms with Crippen LogP contribution in [0.4, 0.5) is 0 Å². The Morgan fingerprint density at radius 1 is 1.56 bits per heavy atom. The molecule has 2 N–H and O–H groups in total. The predicted molar refractivity (Wildman–Crippen MR) is 59.4 cm³/mol. The Morgan fingerprint density at radius 2 is 2.19 bits per heavy atom. The van der Waals surface area contributed by atoms with Crippen molar-refractivity contribution in [2.75, 3.05) is 0 Å². The quantitative estimate of drug-likeness (QED) is 0.853. The van der Waals surface area contributed by atoms with Crippen LogP contribution in [-0.4, -0.2) is 25.5 Å². The molecule has 5 nitrogen and oxygen atoms in total. The highest BCUT2D eigenvalue weighted by atomic mass is 32.2. The van der Waals surface area contributed by atoms with Gasteiger partial charge in [0.2, 0.25) is 10.0 Å². The van der Waals surface area contributed by atoms with Crippen molar-refractivity contribution < 1.29 is 18.3 Å². The minimum Gasteiger partial charge on any atom is -0.477 e. The highest BCUT2D eigenvalue weighted by Crippen LogP contribution is 2.29. The molecule has 16 heavy (non-hydrogen) atoms. The lowest BCUT2D eigenvalue weighted by Gasteiger charge is -2.05. The number of carbonyl (C=O) groups is 1. The number of aryl methyl sites for hydroxylation is 1. The van der Waals surface area contributed by atoms with Gasteiger partial charge >= 0.3 is 5.97 Å². The van der Waals surface area contributed by atoms with Crippen LogP contribution in [-0.2, 0) is 10.0 Å². The molecule has 88 valence electrons. The fourth-order valence-electron chi connectivity index (χ4n) is 1.39. The zero-order chi connectivity index (χ0) is 11.9. The number of sulfonamides is 1. The van der Waals surface area contributed by atoms with E-state index in [-0.39, 0.29) is 15.8 Å². The molecule has 1 aliphatic carbocycles. The molecule has 0 radical (unpaired) electrons. The van der Waals surface area contributed by atoms with Crippen LogP contribution in [0.25, 0.3) is 0 Å². The Hall–Kier alpha value is -0.920. The Balaban J connectivity index is 2.44. The first kappa shape index (κ1) is 11.6. The number of rotatable bonds is 4. The van der Waals surface area contributed by atoms with Crippen molar-refractivity contribution in [2.45, 2.75) is 30.7 Å². The normalized spacial score (nSPS) is 16.3. The Labute approximate surface area is 97.2 Å². The van der Waals surface area contributed by atoms with Crippen molar-refractivity contribution >= 4 is 27.3 Å². The Morgan fingerprint density at radius 3 is 2.69 bits per heavy atom. The summed E-state index contributed by atoms with van der Waals surface area (Å²) < 4.78 is 26.3. The number of aromatic carboxylic acids is 1. The van der Waals surface area contributed by atoms with Crippen molar-refractivity contribution in [1.82, 2.24) is 4.72 Å². The maximum absolute atomic E-state index is 11.9. The third-order valence-electron chi connectivity index (χ3n) is 2.28. The minimum atomic E-state index is -3.68. The van der Waals surface area contributed by atoms with E-state index in [9.17, 15) is 13.2 Å². The summed E-state index contributed by atoms with van der Waals surface area (Å²) in [6.07, 6.45) is 1.65. The molecule has 1 aliphatic rings. The largest absolute Gasteiger partial charge is 0.477 e. The molecule has 1 fully saturated rings. The van der Waals surface area contributed by atoms with Gasteiger partial charge in [-0.2, -0.15) is 0 Å². The van der Waals surface area contributed by atoms with Crippen molar-refractivity contribution in [3.63, 3.8) is 0 Å². The van der Waals surface area contributed by atoms with E-state index >= 15 is 0 Å². The smallest absolute Gasteiger partial charge is 0.347 e. The molecule has 0 unspecified atom stereocenters. The van der Waals surface area contributed by atoms with Gasteiger partial charge in [0.1, 0.15) is 9.77 Å². The zero-order valence-electron chi connectivity index (χ0n) is 8.56. The van der Waals surface area contributed by atoms with E-state index in [0.29, 0.717) is 5.56 Å². The molecule has 1 aromatic rings. The third kappa shape index (κ3) is 2.11. The summed E-state index contributed by atoms with van der Waals surface area (Å²) in [5.74, 6) is -1.20. The Bertz CT molecular complexity index is 528. The second-order valence-electron chi connectivity index (χ2n) is 3.78. The second kappa shape index (κ2) is 3.83. The number of carboxylic acid groups (broad SMARTS) is 1. The van der Waals surface area contributed by atoms with Crippen LogP contribution in [0.1, 0.15) is 28.1 Å². The van der Waals surface area contributed by atoms with Crippen LogP contribution in [0.3, 0.4) is 0 Å². The molecule has 1 aromatic heterocycles. The van der Waals surface area contributed by atoms with Crippen LogP contribution in [0.15, 0.2) is 10.3 Å². The van der Waals surface area contributed by atoms with E-state index in [0.717, 1.165) is 24.2 Å². The van der Waals surface area contributed by atoms with E-state index in [1.807, 2.05) is 0 Å². The molecule has 0 saturated heterocycles.